The lowest BCUT2D eigenvalue weighted by atomic mass is 9.98. The number of nitrogens with two attached hydrogens (primary N) is 1. The van der Waals surface area contributed by atoms with Gasteiger partial charge in [0.15, 0.2) is 0 Å². The number of hydrogen-bond donors (Lipinski definition) is 2. The number of pyridine rings is 1. The Morgan fingerprint density at radius 3 is 3.00 bits per heavy atom. The molecule has 1 unspecified atom stereocenters. The first kappa shape index (κ1) is 14.8. The Balaban J connectivity index is 2.14. The van der Waals surface area contributed by atoms with Crippen molar-refractivity contribution in [3.05, 3.63) is 23.5 Å². The van der Waals surface area contributed by atoms with Crippen LogP contribution in [-0.4, -0.2) is 28.9 Å². The van der Waals surface area contributed by atoms with E-state index >= 15 is 0 Å². The van der Waals surface area contributed by atoms with Crippen molar-refractivity contribution in [1.82, 2.24) is 9.88 Å². The Bertz CT molecular complexity index is 475. The third-order valence-electron chi connectivity index (χ3n) is 4.14. The predicted molar refractivity (Wildman–Crippen MR) is 80.3 cm³/mol. The van der Waals surface area contributed by atoms with Gasteiger partial charge in [0.05, 0.1) is 11.3 Å². The molecule has 0 spiro atoms. The van der Waals surface area contributed by atoms with E-state index in [-0.39, 0.29) is 5.91 Å². The second-order valence-corrected chi connectivity index (χ2v) is 5.51. The maximum absolute atomic E-state index is 12.6. The third-order valence-corrected chi connectivity index (χ3v) is 4.14. The quantitative estimate of drug-likeness (QED) is 0.656. The molecule has 1 aliphatic rings. The molecule has 5 heteroatoms. The molecule has 1 saturated heterocycles. The lowest BCUT2D eigenvalue weighted by Gasteiger charge is -2.22. The van der Waals surface area contributed by atoms with Crippen molar-refractivity contribution in [2.45, 2.75) is 39.5 Å². The highest BCUT2D eigenvalue weighted by molar-refractivity contribution is 5.99. The number of nitrogens with one attached hydrogen (secondary N) is 1. The Morgan fingerprint density at radius 1 is 1.50 bits per heavy atom. The maximum Gasteiger partial charge on any atom is 0.257 e. The topological polar surface area (TPSA) is 71.2 Å². The zero-order chi connectivity index (χ0) is 14.5. The van der Waals surface area contributed by atoms with Gasteiger partial charge in [-0.15, -0.1) is 0 Å². The second kappa shape index (κ2) is 6.70. The van der Waals surface area contributed by atoms with Gasteiger partial charge in [0.2, 0.25) is 0 Å². The van der Waals surface area contributed by atoms with Crippen molar-refractivity contribution in [3.63, 3.8) is 0 Å². The minimum absolute atomic E-state index is 0.0298. The van der Waals surface area contributed by atoms with E-state index in [0.29, 0.717) is 11.3 Å². The maximum atomic E-state index is 12.6. The molecule has 5 nitrogen and oxygen atoms in total. The molecule has 0 aromatic carbocycles. The molecular formula is C15H24N4O. The molecule has 1 aliphatic heterocycles. The Labute approximate surface area is 120 Å². The summed E-state index contributed by atoms with van der Waals surface area (Å²) >= 11 is 0. The summed E-state index contributed by atoms with van der Waals surface area (Å²) in [6.07, 6.45) is 6.20. The SMILES string of the molecule is CCC1CCCN(C(=O)c2cnc(C)cc2NN)CC1. The highest BCUT2D eigenvalue weighted by atomic mass is 16.2. The highest BCUT2D eigenvalue weighted by Crippen LogP contribution is 2.23. The lowest BCUT2D eigenvalue weighted by Crippen LogP contribution is -2.33. The van der Waals surface area contributed by atoms with Gasteiger partial charge in [-0.05, 0) is 38.2 Å². The van der Waals surface area contributed by atoms with Crippen LogP contribution in [0.3, 0.4) is 0 Å². The van der Waals surface area contributed by atoms with Crippen molar-refractivity contribution in [3.8, 4) is 0 Å². The zero-order valence-electron chi connectivity index (χ0n) is 12.4. The van der Waals surface area contributed by atoms with E-state index in [4.69, 9.17) is 5.84 Å². The van der Waals surface area contributed by atoms with Crippen molar-refractivity contribution < 1.29 is 4.79 Å². The van der Waals surface area contributed by atoms with Gasteiger partial charge < -0.3 is 10.3 Å². The van der Waals surface area contributed by atoms with Crippen LogP contribution in [0.15, 0.2) is 12.3 Å². The summed E-state index contributed by atoms with van der Waals surface area (Å²) < 4.78 is 0. The number of anilines is 1. The van der Waals surface area contributed by atoms with Gasteiger partial charge in [-0.25, -0.2) is 0 Å². The van der Waals surface area contributed by atoms with Crippen LogP contribution in [-0.2, 0) is 0 Å². The molecule has 1 atom stereocenters. The van der Waals surface area contributed by atoms with E-state index in [1.165, 1.54) is 12.8 Å². The van der Waals surface area contributed by atoms with Crippen molar-refractivity contribution in [2.75, 3.05) is 18.5 Å². The molecule has 0 radical (unpaired) electrons. The summed E-state index contributed by atoms with van der Waals surface area (Å²) in [6, 6.07) is 1.81. The van der Waals surface area contributed by atoms with E-state index in [0.717, 1.165) is 37.5 Å². The van der Waals surface area contributed by atoms with Gasteiger partial charge in [0.1, 0.15) is 0 Å². The third kappa shape index (κ3) is 3.28. The second-order valence-electron chi connectivity index (χ2n) is 5.51. The summed E-state index contributed by atoms with van der Waals surface area (Å²) in [5.41, 5.74) is 4.66. The van der Waals surface area contributed by atoms with Crippen LogP contribution in [0.2, 0.25) is 0 Å². The van der Waals surface area contributed by atoms with Gasteiger partial charge in [0.25, 0.3) is 5.91 Å². The molecular weight excluding hydrogens is 252 g/mol. The summed E-state index contributed by atoms with van der Waals surface area (Å²) in [4.78, 5) is 18.8. The van der Waals surface area contributed by atoms with E-state index in [2.05, 4.69) is 17.3 Å². The van der Waals surface area contributed by atoms with E-state index in [9.17, 15) is 4.79 Å². The molecule has 1 amide bonds. The first-order valence-electron chi connectivity index (χ1n) is 7.38. The number of amides is 1. The van der Waals surface area contributed by atoms with E-state index in [1.54, 1.807) is 12.3 Å². The number of likely N-dealkylation sites (tertiary alicyclic amines) is 1. The number of hydrogen-bond acceptors (Lipinski definition) is 4. The Morgan fingerprint density at radius 2 is 2.30 bits per heavy atom. The van der Waals surface area contributed by atoms with Crippen LogP contribution in [0.1, 0.15) is 48.7 Å². The van der Waals surface area contributed by atoms with Gasteiger partial charge in [-0.2, -0.15) is 0 Å². The summed E-state index contributed by atoms with van der Waals surface area (Å²) in [7, 11) is 0. The van der Waals surface area contributed by atoms with Gasteiger partial charge in [0, 0.05) is 25.0 Å². The number of carbonyl (C=O) groups is 1. The first-order chi connectivity index (χ1) is 9.65. The lowest BCUT2D eigenvalue weighted by molar-refractivity contribution is 0.0760. The number of aromatic nitrogens is 1. The molecule has 3 N–H and O–H groups in total. The minimum Gasteiger partial charge on any atom is -0.339 e. The smallest absolute Gasteiger partial charge is 0.257 e. The average molecular weight is 276 g/mol. The first-order valence-corrected chi connectivity index (χ1v) is 7.38. The van der Waals surface area contributed by atoms with Crippen molar-refractivity contribution in [1.29, 1.82) is 0 Å². The summed E-state index contributed by atoms with van der Waals surface area (Å²) in [6.45, 7) is 5.76. The molecule has 1 aromatic heterocycles. The van der Waals surface area contributed by atoms with Gasteiger partial charge >= 0.3 is 0 Å². The molecule has 0 aliphatic carbocycles. The van der Waals surface area contributed by atoms with Crippen LogP contribution in [0, 0.1) is 12.8 Å². The number of rotatable bonds is 3. The molecule has 0 bridgehead atoms. The molecule has 110 valence electrons. The van der Waals surface area contributed by atoms with Gasteiger partial charge in [-0.3, -0.25) is 15.6 Å². The Kier molecular flexibility index (Phi) is 4.95. The molecule has 2 rings (SSSR count). The monoisotopic (exact) mass is 276 g/mol. The molecule has 2 heterocycles. The van der Waals surface area contributed by atoms with Crippen LogP contribution in [0.25, 0.3) is 0 Å². The fourth-order valence-corrected chi connectivity index (χ4v) is 2.80. The summed E-state index contributed by atoms with van der Waals surface area (Å²) in [5, 5.41) is 0. The van der Waals surface area contributed by atoms with Gasteiger partial charge in [-0.1, -0.05) is 13.3 Å². The Hall–Kier alpha value is -1.62. The fraction of sp³-hybridized carbons (Fsp3) is 0.600. The number of nitrogen functional groups attached to an aromatic ring is 1. The van der Waals surface area contributed by atoms with E-state index < -0.39 is 0 Å². The largest absolute Gasteiger partial charge is 0.339 e. The molecule has 1 fully saturated rings. The molecule has 1 aromatic rings. The minimum atomic E-state index is 0.0298. The van der Waals surface area contributed by atoms with Crippen molar-refractivity contribution in [2.24, 2.45) is 11.8 Å². The van der Waals surface area contributed by atoms with Crippen LogP contribution in [0.5, 0.6) is 0 Å². The van der Waals surface area contributed by atoms with Crippen LogP contribution in [0.4, 0.5) is 5.69 Å². The molecule has 0 saturated carbocycles. The van der Waals surface area contributed by atoms with Crippen LogP contribution < -0.4 is 11.3 Å². The molecule has 20 heavy (non-hydrogen) atoms. The average Bonchev–Trinajstić information content (AvgIpc) is 2.71. The zero-order valence-corrected chi connectivity index (χ0v) is 12.4. The van der Waals surface area contributed by atoms with Crippen LogP contribution >= 0.6 is 0 Å². The fourth-order valence-electron chi connectivity index (χ4n) is 2.80. The standard InChI is InChI=1S/C15H24N4O/c1-3-12-5-4-7-19(8-6-12)15(20)13-10-17-11(2)9-14(13)18-16/h9-10,12H,3-8,16H2,1-2H3,(H,17,18). The highest BCUT2D eigenvalue weighted by Gasteiger charge is 2.22. The predicted octanol–water partition coefficient (Wildman–Crippen LogP) is 2.33. The normalized spacial score (nSPS) is 19.6. The van der Waals surface area contributed by atoms with E-state index in [1.807, 2.05) is 11.8 Å². The van der Waals surface area contributed by atoms with Crippen molar-refractivity contribution >= 4 is 11.6 Å². The number of carbonyl (C=O) groups excluding carboxylic acids is 1. The summed E-state index contributed by atoms with van der Waals surface area (Å²) in [5.74, 6) is 6.29. The number of aryl methyl sites for hydroxylation is 1. The number of nitrogens with zero attached hydrogens (tertiary/aromatic N) is 2. The number of hydrazine groups is 1.